The maximum absolute atomic E-state index is 9.31. The molecule has 1 unspecified atom stereocenters. The van der Waals surface area contributed by atoms with E-state index in [0.29, 0.717) is 0 Å². The van der Waals surface area contributed by atoms with Crippen LogP contribution in [0.4, 0.5) is 0 Å². The van der Waals surface area contributed by atoms with Gasteiger partial charge in [-0.15, -0.1) is 0 Å². The van der Waals surface area contributed by atoms with E-state index < -0.39 is 0 Å². The largest absolute Gasteiger partial charge is 0.393 e. The van der Waals surface area contributed by atoms with Gasteiger partial charge in [0.1, 0.15) is 0 Å². The smallest absolute Gasteiger partial charge is 0.0577 e. The van der Waals surface area contributed by atoms with Gasteiger partial charge in [0.2, 0.25) is 0 Å². The Kier molecular flexibility index (Phi) is 9.23. The monoisotopic (exact) mass is 284 g/mol. The van der Waals surface area contributed by atoms with Gasteiger partial charge in [-0.25, -0.2) is 0 Å². The van der Waals surface area contributed by atoms with E-state index in [4.69, 9.17) is 0 Å². The van der Waals surface area contributed by atoms with Gasteiger partial charge in [-0.3, -0.25) is 0 Å². The summed E-state index contributed by atoms with van der Waals surface area (Å²) >= 11 is 0. The number of benzene rings is 2. The summed E-state index contributed by atoms with van der Waals surface area (Å²) in [5, 5.41) is 9.31. The summed E-state index contributed by atoms with van der Waals surface area (Å²) in [6.45, 7) is 4.22. The van der Waals surface area contributed by atoms with Crippen molar-refractivity contribution in [2.75, 3.05) is 0 Å². The number of rotatable bonds is 6. The maximum Gasteiger partial charge on any atom is 0.0577 e. The fourth-order valence-corrected chi connectivity index (χ4v) is 2.06. The SMILES string of the molecule is CCC(O)Cc1ccccc1.CCCCc1ccccc1. The maximum atomic E-state index is 9.31. The van der Waals surface area contributed by atoms with Crippen molar-refractivity contribution in [1.29, 1.82) is 0 Å². The lowest BCUT2D eigenvalue weighted by Crippen LogP contribution is -2.07. The molecule has 0 amide bonds. The highest BCUT2D eigenvalue weighted by Crippen LogP contribution is 2.04. The first kappa shape index (κ1) is 17.5. The van der Waals surface area contributed by atoms with Crippen LogP contribution in [0.25, 0.3) is 0 Å². The molecule has 0 spiro atoms. The summed E-state index contributed by atoms with van der Waals surface area (Å²) in [6.07, 6.45) is 5.25. The van der Waals surface area contributed by atoms with Crippen molar-refractivity contribution in [2.45, 2.75) is 52.1 Å². The minimum absolute atomic E-state index is 0.183. The highest BCUT2D eigenvalue weighted by atomic mass is 16.3. The summed E-state index contributed by atoms with van der Waals surface area (Å²) in [5.41, 5.74) is 2.67. The molecule has 0 radical (unpaired) electrons. The predicted molar refractivity (Wildman–Crippen MR) is 91.5 cm³/mol. The Morgan fingerprint density at radius 2 is 1.33 bits per heavy atom. The Morgan fingerprint density at radius 1 is 0.810 bits per heavy atom. The molecule has 0 aromatic heterocycles. The molecule has 0 saturated heterocycles. The molecule has 1 atom stereocenters. The molecule has 0 aliphatic rings. The van der Waals surface area contributed by atoms with Gasteiger partial charge < -0.3 is 5.11 Å². The molecule has 0 aliphatic carbocycles. The van der Waals surface area contributed by atoms with Crippen molar-refractivity contribution in [3.8, 4) is 0 Å². The van der Waals surface area contributed by atoms with Crippen LogP contribution in [0.1, 0.15) is 44.2 Å². The van der Waals surface area contributed by atoms with E-state index in [2.05, 4.69) is 37.3 Å². The number of hydrogen-bond acceptors (Lipinski definition) is 1. The van der Waals surface area contributed by atoms with Crippen LogP contribution in [0.2, 0.25) is 0 Å². The van der Waals surface area contributed by atoms with E-state index in [1.807, 2.05) is 37.3 Å². The fraction of sp³-hybridized carbons (Fsp3) is 0.400. The van der Waals surface area contributed by atoms with Crippen LogP contribution in [0.3, 0.4) is 0 Å². The van der Waals surface area contributed by atoms with Gasteiger partial charge >= 0.3 is 0 Å². The first-order chi connectivity index (χ1) is 10.3. The zero-order valence-electron chi connectivity index (χ0n) is 13.3. The van der Waals surface area contributed by atoms with Gasteiger partial charge in [-0.1, -0.05) is 80.9 Å². The van der Waals surface area contributed by atoms with Crippen LogP contribution >= 0.6 is 0 Å². The highest BCUT2D eigenvalue weighted by molar-refractivity contribution is 5.15. The number of unbranched alkanes of at least 4 members (excludes halogenated alkanes) is 1. The summed E-state index contributed by atoms with van der Waals surface area (Å²) in [6, 6.07) is 20.7. The molecular formula is C20H28O. The molecule has 0 heterocycles. The average Bonchev–Trinajstić information content (AvgIpc) is 2.55. The number of aliphatic hydroxyl groups excluding tert-OH is 1. The molecular weight excluding hydrogens is 256 g/mol. The molecule has 2 aromatic carbocycles. The zero-order chi connectivity index (χ0) is 15.3. The Hall–Kier alpha value is -1.60. The Labute approximate surface area is 129 Å². The third kappa shape index (κ3) is 8.31. The van der Waals surface area contributed by atoms with Crippen molar-refractivity contribution in [3.63, 3.8) is 0 Å². The molecule has 1 N–H and O–H groups in total. The molecule has 0 fully saturated rings. The molecule has 114 valence electrons. The Balaban J connectivity index is 0.000000211. The van der Waals surface area contributed by atoms with Crippen molar-refractivity contribution >= 4 is 0 Å². The summed E-state index contributed by atoms with van der Waals surface area (Å²) in [5.74, 6) is 0. The molecule has 2 aromatic rings. The van der Waals surface area contributed by atoms with E-state index in [9.17, 15) is 5.11 Å². The molecule has 1 nitrogen and oxygen atoms in total. The van der Waals surface area contributed by atoms with E-state index in [-0.39, 0.29) is 6.10 Å². The lowest BCUT2D eigenvalue weighted by Gasteiger charge is -2.06. The van der Waals surface area contributed by atoms with Crippen LogP contribution in [-0.4, -0.2) is 11.2 Å². The highest BCUT2D eigenvalue weighted by Gasteiger charge is 2.00. The van der Waals surface area contributed by atoms with Gasteiger partial charge in [0, 0.05) is 0 Å². The van der Waals surface area contributed by atoms with Crippen LogP contribution in [0.5, 0.6) is 0 Å². The van der Waals surface area contributed by atoms with E-state index in [1.165, 1.54) is 30.4 Å². The zero-order valence-corrected chi connectivity index (χ0v) is 13.3. The molecule has 0 bridgehead atoms. The number of aliphatic hydroxyl groups is 1. The number of aryl methyl sites for hydroxylation is 1. The van der Waals surface area contributed by atoms with E-state index in [0.717, 1.165) is 12.8 Å². The van der Waals surface area contributed by atoms with Crippen molar-refractivity contribution in [3.05, 3.63) is 71.8 Å². The summed E-state index contributed by atoms with van der Waals surface area (Å²) in [7, 11) is 0. The molecule has 0 saturated carbocycles. The van der Waals surface area contributed by atoms with E-state index in [1.54, 1.807) is 0 Å². The minimum atomic E-state index is -0.183. The van der Waals surface area contributed by atoms with Gasteiger partial charge in [0.25, 0.3) is 0 Å². The summed E-state index contributed by atoms with van der Waals surface area (Å²) in [4.78, 5) is 0. The van der Waals surface area contributed by atoms with Crippen molar-refractivity contribution in [1.82, 2.24) is 0 Å². The lowest BCUT2D eigenvalue weighted by atomic mass is 10.1. The van der Waals surface area contributed by atoms with Gasteiger partial charge in [-0.2, -0.15) is 0 Å². The van der Waals surface area contributed by atoms with Gasteiger partial charge in [0.05, 0.1) is 6.10 Å². The quantitative estimate of drug-likeness (QED) is 0.789. The Bertz CT molecular complexity index is 450. The summed E-state index contributed by atoms with van der Waals surface area (Å²) < 4.78 is 0. The first-order valence-corrected chi connectivity index (χ1v) is 8.02. The molecule has 0 aliphatic heterocycles. The van der Waals surface area contributed by atoms with Crippen LogP contribution < -0.4 is 0 Å². The lowest BCUT2D eigenvalue weighted by molar-refractivity contribution is 0.171. The molecule has 21 heavy (non-hydrogen) atoms. The second-order valence-electron chi connectivity index (χ2n) is 5.34. The van der Waals surface area contributed by atoms with Crippen molar-refractivity contribution < 1.29 is 5.11 Å². The third-order valence-electron chi connectivity index (χ3n) is 3.45. The predicted octanol–water partition coefficient (Wildman–Crippen LogP) is 5.03. The van der Waals surface area contributed by atoms with Gasteiger partial charge in [0.15, 0.2) is 0 Å². The topological polar surface area (TPSA) is 20.2 Å². The molecule has 1 heteroatoms. The Morgan fingerprint density at radius 3 is 1.81 bits per heavy atom. The minimum Gasteiger partial charge on any atom is -0.393 e. The first-order valence-electron chi connectivity index (χ1n) is 8.02. The average molecular weight is 284 g/mol. The van der Waals surface area contributed by atoms with Gasteiger partial charge in [-0.05, 0) is 36.8 Å². The van der Waals surface area contributed by atoms with Crippen LogP contribution in [-0.2, 0) is 12.8 Å². The van der Waals surface area contributed by atoms with Crippen LogP contribution in [0, 0.1) is 0 Å². The normalized spacial score (nSPS) is 11.4. The fourth-order valence-electron chi connectivity index (χ4n) is 2.06. The standard InChI is InChI=1S/C10H14O.C10H14/c1-2-10(11)8-9-6-4-3-5-7-9;1-2-3-7-10-8-5-4-6-9-10/h3-7,10-11H,2,8H2,1H3;4-6,8-9H,2-3,7H2,1H3. The van der Waals surface area contributed by atoms with Crippen LogP contribution in [0.15, 0.2) is 60.7 Å². The number of hydrogen-bond donors (Lipinski definition) is 1. The molecule has 2 rings (SSSR count). The second-order valence-corrected chi connectivity index (χ2v) is 5.34. The van der Waals surface area contributed by atoms with Crippen molar-refractivity contribution in [2.24, 2.45) is 0 Å². The van der Waals surface area contributed by atoms with E-state index >= 15 is 0 Å². The second kappa shape index (κ2) is 11.1. The third-order valence-corrected chi connectivity index (χ3v) is 3.45.